The van der Waals surface area contributed by atoms with E-state index >= 15 is 0 Å². The smallest absolute Gasteiger partial charge is 0.239 e. The average molecular weight is 546 g/mol. The van der Waals surface area contributed by atoms with Gasteiger partial charge in [-0.25, -0.2) is 19.9 Å². The van der Waals surface area contributed by atoms with Crippen molar-refractivity contribution in [3.05, 3.63) is 54.0 Å². The summed E-state index contributed by atoms with van der Waals surface area (Å²) in [5.74, 6) is 0.606. The minimum absolute atomic E-state index is 0.120. The Balaban J connectivity index is 1.25. The third-order valence-corrected chi connectivity index (χ3v) is 6.97. The van der Waals surface area contributed by atoms with Crippen molar-refractivity contribution >= 4 is 23.4 Å². The average Bonchev–Trinajstić information content (AvgIpc) is 3.15. The number of aliphatic hydroxyl groups is 1. The molecule has 1 amide bonds. The quantitative estimate of drug-likeness (QED) is 0.340. The molecule has 2 aliphatic heterocycles. The van der Waals surface area contributed by atoms with E-state index in [2.05, 4.69) is 36.6 Å². The highest BCUT2D eigenvalue weighted by Crippen LogP contribution is 2.35. The summed E-state index contributed by atoms with van der Waals surface area (Å²) in [6.07, 6.45) is 4.46. The Morgan fingerprint density at radius 2 is 1.88 bits per heavy atom. The zero-order valence-corrected chi connectivity index (χ0v) is 22.0. The number of nitrogens with one attached hydrogen (secondary N) is 2. The van der Waals surface area contributed by atoms with E-state index in [9.17, 15) is 20.4 Å². The first-order valence-electron chi connectivity index (χ1n) is 13.2. The van der Waals surface area contributed by atoms with Crippen LogP contribution in [0.5, 0.6) is 0 Å². The van der Waals surface area contributed by atoms with Gasteiger partial charge in [-0.2, -0.15) is 10.3 Å². The number of morpholine rings is 1. The molecule has 40 heavy (non-hydrogen) atoms. The molecule has 13 heteroatoms. The number of hydrogen-bond acceptors (Lipinski definition) is 12. The zero-order valence-electron chi connectivity index (χ0n) is 22.0. The number of amides is 1. The third-order valence-electron chi connectivity index (χ3n) is 6.97. The molecule has 2 fully saturated rings. The molecule has 0 bridgehead atoms. The van der Waals surface area contributed by atoms with E-state index in [-0.39, 0.29) is 18.1 Å². The van der Waals surface area contributed by atoms with Gasteiger partial charge in [-0.15, -0.1) is 0 Å². The molecule has 5 heterocycles. The van der Waals surface area contributed by atoms with E-state index in [0.717, 1.165) is 13.1 Å². The second kappa shape index (κ2) is 12.4. The van der Waals surface area contributed by atoms with Gasteiger partial charge in [-0.3, -0.25) is 9.69 Å². The number of ether oxygens (including phenoxy) is 1. The number of carbonyl (C=O) groups is 1. The Hall–Kier alpha value is -4.06. The van der Waals surface area contributed by atoms with Crippen molar-refractivity contribution in [1.29, 1.82) is 5.26 Å². The largest absolute Gasteiger partial charge is 0.385 e. The molecular formula is C27H31N9O4. The maximum Gasteiger partial charge on any atom is 0.239 e. The Labute approximate surface area is 231 Å². The first-order valence-corrected chi connectivity index (χ1v) is 13.2. The minimum Gasteiger partial charge on any atom is -0.385 e. The molecule has 1 atom stereocenters. The fourth-order valence-electron chi connectivity index (χ4n) is 4.81. The van der Waals surface area contributed by atoms with Crippen LogP contribution >= 0.6 is 0 Å². The molecule has 5 rings (SSSR count). The van der Waals surface area contributed by atoms with Crippen LogP contribution in [-0.2, 0) is 15.1 Å². The van der Waals surface area contributed by atoms with Crippen molar-refractivity contribution in [2.24, 2.45) is 0 Å². The summed E-state index contributed by atoms with van der Waals surface area (Å²) < 4.78 is 5.31. The van der Waals surface area contributed by atoms with Gasteiger partial charge in [0.2, 0.25) is 11.9 Å². The molecule has 0 aliphatic carbocycles. The fraction of sp³-hybridized carbons (Fsp3) is 0.407. The molecule has 0 aromatic carbocycles. The van der Waals surface area contributed by atoms with Crippen LogP contribution in [0, 0.1) is 11.3 Å². The topological polar surface area (TPSA) is 173 Å². The summed E-state index contributed by atoms with van der Waals surface area (Å²) in [7, 11) is 0. The highest BCUT2D eigenvalue weighted by molar-refractivity contribution is 5.91. The van der Waals surface area contributed by atoms with Crippen molar-refractivity contribution in [1.82, 2.24) is 29.9 Å². The molecule has 3 aromatic heterocycles. The van der Waals surface area contributed by atoms with Crippen LogP contribution in [0.1, 0.15) is 30.5 Å². The molecule has 13 nitrogen and oxygen atoms in total. The van der Waals surface area contributed by atoms with Gasteiger partial charge >= 0.3 is 0 Å². The highest BCUT2D eigenvalue weighted by atomic mass is 16.5. The Morgan fingerprint density at radius 3 is 2.65 bits per heavy atom. The maximum absolute atomic E-state index is 12.3. The van der Waals surface area contributed by atoms with Crippen LogP contribution in [0.15, 0.2) is 42.7 Å². The Bertz CT molecular complexity index is 1380. The molecular weight excluding hydrogens is 514 g/mol. The standard InChI is InChI=1S/C27H31N9O4/c28-16-23-20(27(38)7-1-10-36(39)11-8-27)3-4-21(32-23)22-6-9-29-26(33-22)31-19-2-5-24(30-17-19)34-25(37)18-35-12-14-40-15-13-35/h2-6,9,17,38-39H,1,7-8,10-15,18H2,(H,29,31,33)(H,30,34,37). The summed E-state index contributed by atoms with van der Waals surface area (Å²) >= 11 is 0. The van der Waals surface area contributed by atoms with E-state index < -0.39 is 5.60 Å². The lowest BCUT2D eigenvalue weighted by atomic mass is 9.85. The Morgan fingerprint density at radius 1 is 1.05 bits per heavy atom. The lowest BCUT2D eigenvalue weighted by molar-refractivity contribution is -0.118. The number of hydrogen-bond donors (Lipinski definition) is 4. The van der Waals surface area contributed by atoms with Gasteiger partial charge in [0.15, 0.2) is 0 Å². The summed E-state index contributed by atoms with van der Waals surface area (Å²) in [6, 6.07) is 10.7. The second-order valence-corrected chi connectivity index (χ2v) is 9.80. The monoisotopic (exact) mass is 545 g/mol. The number of aromatic nitrogens is 4. The predicted molar refractivity (Wildman–Crippen MR) is 144 cm³/mol. The highest BCUT2D eigenvalue weighted by Gasteiger charge is 2.34. The molecule has 0 radical (unpaired) electrons. The lowest BCUT2D eigenvalue weighted by Gasteiger charge is -2.27. The molecule has 2 aliphatic rings. The normalized spacial score (nSPS) is 20.3. The summed E-state index contributed by atoms with van der Waals surface area (Å²) in [4.78, 5) is 31.9. The molecule has 3 aromatic rings. The molecule has 0 saturated carbocycles. The van der Waals surface area contributed by atoms with Gasteiger partial charge in [-0.1, -0.05) is 6.07 Å². The number of rotatable bonds is 7. The van der Waals surface area contributed by atoms with Crippen molar-refractivity contribution in [2.45, 2.75) is 24.9 Å². The van der Waals surface area contributed by atoms with Crippen LogP contribution in [0.2, 0.25) is 0 Å². The zero-order chi connectivity index (χ0) is 28.0. The molecule has 4 N–H and O–H groups in total. The van der Waals surface area contributed by atoms with Crippen LogP contribution in [0.25, 0.3) is 11.4 Å². The van der Waals surface area contributed by atoms with Crippen LogP contribution < -0.4 is 10.6 Å². The second-order valence-electron chi connectivity index (χ2n) is 9.80. The van der Waals surface area contributed by atoms with Gasteiger partial charge in [0.05, 0.1) is 48.6 Å². The van der Waals surface area contributed by atoms with Gasteiger partial charge in [-0.05, 0) is 43.5 Å². The summed E-state index contributed by atoms with van der Waals surface area (Å²) in [5, 5.41) is 38.0. The van der Waals surface area contributed by atoms with Crippen molar-refractivity contribution in [3.63, 3.8) is 0 Å². The van der Waals surface area contributed by atoms with Crippen LogP contribution in [-0.4, -0.2) is 92.1 Å². The minimum atomic E-state index is -1.24. The summed E-state index contributed by atoms with van der Waals surface area (Å²) in [5.41, 5.74) is 0.906. The molecule has 0 spiro atoms. The molecule has 1 unspecified atom stereocenters. The van der Waals surface area contributed by atoms with Crippen LogP contribution in [0.3, 0.4) is 0 Å². The number of nitrogens with zero attached hydrogens (tertiary/aromatic N) is 7. The molecule has 208 valence electrons. The van der Waals surface area contributed by atoms with Gasteiger partial charge < -0.3 is 25.7 Å². The Kier molecular flexibility index (Phi) is 8.54. The number of carbonyl (C=O) groups excluding carboxylic acids is 1. The fourth-order valence-corrected chi connectivity index (χ4v) is 4.81. The van der Waals surface area contributed by atoms with Crippen molar-refractivity contribution in [3.8, 4) is 17.5 Å². The van der Waals surface area contributed by atoms with E-state index in [1.807, 2.05) is 4.90 Å². The number of pyridine rings is 2. The first-order chi connectivity index (χ1) is 19.4. The van der Waals surface area contributed by atoms with E-state index in [0.29, 0.717) is 80.0 Å². The first kappa shape index (κ1) is 27.5. The number of hydroxylamine groups is 2. The van der Waals surface area contributed by atoms with E-state index in [4.69, 9.17) is 4.74 Å². The van der Waals surface area contributed by atoms with Crippen LogP contribution in [0.4, 0.5) is 17.5 Å². The van der Waals surface area contributed by atoms with Gasteiger partial charge in [0.25, 0.3) is 0 Å². The van der Waals surface area contributed by atoms with Crippen molar-refractivity contribution in [2.75, 3.05) is 56.6 Å². The maximum atomic E-state index is 12.3. The van der Waals surface area contributed by atoms with Gasteiger partial charge in [0, 0.05) is 37.9 Å². The SMILES string of the molecule is N#Cc1nc(-c2ccnc(Nc3ccc(NC(=O)CN4CCOCC4)nc3)n2)ccc1C1(O)CCCN(O)CC1. The lowest BCUT2D eigenvalue weighted by Crippen LogP contribution is -2.41. The predicted octanol–water partition coefficient (Wildman–Crippen LogP) is 1.88. The van der Waals surface area contributed by atoms with E-state index in [1.54, 1.807) is 42.7 Å². The number of nitriles is 1. The molecule has 2 saturated heterocycles. The summed E-state index contributed by atoms with van der Waals surface area (Å²) in [6.45, 7) is 3.77. The van der Waals surface area contributed by atoms with Crippen molar-refractivity contribution < 1.29 is 19.8 Å². The van der Waals surface area contributed by atoms with E-state index in [1.165, 1.54) is 5.06 Å². The third kappa shape index (κ3) is 6.74. The van der Waals surface area contributed by atoms with Gasteiger partial charge in [0.1, 0.15) is 17.6 Å². The number of anilines is 3.